The molecule has 0 amide bonds. The van der Waals surface area contributed by atoms with Crippen molar-refractivity contribution in [3.05, 3.63) is 47.5 Å². The number of fused-ring (bicyclic) bond motifs is 1. The van der Waals surface area contributed by atoms with Gasteiger partial charge in [-0.1, -0.05) is 62.2 Å². The quantitative estimate of drug-likeness (QED) is 0.518. The van der Waals surface area contributed by atoms with E-state index in [2.05, 4.69) is 19.1 Å². The van der Waals surface area contributed by atoms with Gasteiger partial charge in [-0.3, -0.25) is 0 Å². The highest BCUT2D eigenvalue weighted by Crippen LogP contribution is 2.40. The molecule has 1 aliphatic rings. The highest BCUT2D eigenvalue weighted by molar-refractivity contribution is 5.92. The lowest BCUT2D eigenvalue weighted by Crippen LogP contribution is -2.13. The first-order valence-corrected chi connectivity index (χ1v) is 9.76. The highest BCUT2D eigenvalue weighted by Gasteiger charge is 2.22. The average molecular weight is 358 g/mol. The maximum atomic E-state index is 12.9. The molecule has 0 bridgehead atoms. The van der Waals surface area contributed by atoms with E-state index < -0.39 is 6.61 Å². The summed E-state index contributed by atoms with van der Waals surface area (Å²) in [5.74, 6) is 1.74. The fourth-order valence-electron chi connectivity index (χ4n) is 4.31. The third kappa shape index (κ3) is 4.25. The third-order valence-corrected chi connectivity index (χ3v) is 5.59. The lowest BCUT2D eigenvalue weighted by molar-refractivity contribution is -0.0489. The van der Waals surface area contributed by atoms with E-state index in [0.29, 0.717) is 11.5 Å². The molecule has 1 aliphatic carbocycles. The summed E-state index contributed by atoms with van der Waals surface area (Å²) in [5.41, 5.74) is 2.02. The van der Waals surface area contributed by atoms with E-state index in [1.807, 2.05) is 31.2 Å². The minimum Gasteiger partial charge on any atom is -0.434 e. The van der Waals surface area contributed by atoms with Crippen molar-refractivity contribution >= 4 is 16.8 Å². The number of hydrogen-bond acceptors (Lipinski definition) is 1. The van der Waals surface area contributed by atoms with Crippen LogP contribution < -0.4 is 4.74 Å². The highest BCUT2D eigenvalue weighted by atomic mass is 19.3. The Kier molecular flexibility index (Phi) is 6.29. The Labute approximate surface area is 155 Å². The minimum atomic E-state index is -2.82. The number of alkyl halides is 2. The predicted molar refractivity (Wildman–Crippen MR) is 105 cm³/mol. The molecule has 0 saturated heterocycles. The van der Waals surface area contributed by atoms with Gasteiger partial charge in [0.05, 0.1) is 0 Å². The van der Waals surface area contributed by atoms with E-state index in [0.717, 1.165) is 16.7 Å². The zero-order chi connectivity index (χ0) is 18.5. The largest absolute Gasteiger partial charge is 0.434 e. The zero-order valence-corrected chi connectivity index (χ0v) is 15.7. The van der Waals surface area contributed by atoms with Crippen molar-refractivity contribution in [3.8, 4) is 5.75 Å². The van der Waals surface area contributed by atoms with Gasteiger partial charge in [-0.05, 0) is 55.4 Å². The summed E-state index contributed by atoms with van der Waals surface area (Å²) >= 11 is 0. The van der Waals surface area contributed by atoms with Crippen LogP contribution in [0.2, 0.25) is 0 Å². The molecule has 0 aromatic heterocycles. The SMILES string of the molecule is C/C=C/c1ccc2cc(C3CCC(CCC)CC3)ccc2c1OC(F)F. The fraction of sp³-hybridized carbons (Fsp3) is 0.478. The van der Waals surface area contributed by atoms with Gasteiger partial charge in [0.25, 0.3) is 0 Å². The van der Waals surface area contributed by atoms with Gasteiger partial charge in [0.1, 0.15) is 5.75 Å². The Morgan fingerprint density at radius 1 is 1.12 bits per heavy atom. The molecule has 0 heterocycles. The number of halogens is 2. The Morgan fingerprint density at radius 2 is 1.88 bits per heavy atom. The van der Waals surface area contributed by atoms with Crippen LogP contribution in [0.4, 0.5) is 8.78 Å². The average Bonchev–Trinajstić information content (AvgIpc) is 2.64. The van der Waals surface area contributed by atoms with Gasteiger partial charge in [0, 0.05) is 10.9 Å². The Bertz CT molecular complexity index is 758. The van der Waals surface area contributed by atoms with Crippen molar-refractivity contribution in [3.63, 3.8) is 0 Å². The van der Waals surface area contributed by atoms with Crippen LogP contribution in [0.25, 0.3) is 16.8 Å². The molecule has 3 rings (SSSR count). The molecule has 26 heavy (non-hydrogen) atoms. The molecule has 0 unspecified atom stereocenters. The number of rotatable bonds is 6. The van der Waals surface area contributed by atoms with Gasteiger partial charge < -0.3 is 4.74 Å². The standard InChI is InChI=1S/C23H28F2O/c1-3-5-16-7-9-17(10-8-16)19-13-14-21-20(15-19)12-11-18(6-4-2)22(21)26-23(24)25/h4,6,11-17,23H,3,5,7-10H2,1-2H3/b6-4+. The molecular formula is C23H28F2O. The summed E-state index contributed by atoms with van der Waals surface area (Å²) in [7, 11) is 0. The van der Waals surface area contributed by atoms with Crippen molar-refractivity contribution < 1.29 is 13.5 Å². The second kappa shape index (κ2) is 8.66. The van der Waals surface area contributed by atoms with Crippen LogP contribution in [0.1, 0.15) is 69.4 Å². The van der Waals surface area contributed by atoms with Gasteiger partial charge in [-0.25, -0.2) is 0 Å². The second-order valence-electron chi connectivity index (χ2n) is 7.35. The Morgan fingerprint density at radius 3 is 2.54 bits per heavy atom. The Balaban J connectivity index is 1.88. The van der Waals surface area contributed by atoms with Crippen molar-refractivity contribution in [1.82, 2.24) is 0 Å². The molecule has 140 valence electrons. The molecule has 2 aromatic rings. The first kappa shape index (κ1) is 18.9. The summed E-state index contributed by atoms with van der Waals surface area (Å²) in [5, 5.41) is 1.73. The van der Waals surface area contributed by atoms with Crippen LogP contribution in [-0.2, 0) is 0 Å². The molecule has 0 atom stereocenters. The number of ether oxygens (including phenoxy) is 1. The first-order valence-electron chi connectivity index (χ1n) is 9.76. The molecule has 0 radical (unpaired) electrons. The van der Waals surface area contributed by atoms with E-state index in [1.165, 1.54) is 44.1 Å². The van der Waals surface area contributed by atoms with Gasteiger partial charge in [-0.2, -0.15) is 8.78 Å². The molecule has 0 spiro atoms. The normalized spacial score (nSPS) is 21.0. The number of allylic oxidation sites excluding steroid dienone is 1. The van der Waals surface area contributed by atoms with E-state index in [-0.39, 0.29) is 5.75 Å². The van der Waals surface area contributed by atoms with Crippen LogP contribution in [-0.4, -0.2) is 6.61 Å². The molecule has 0 N–H and O–H groups in total. The van der Waals surface area contributed by atoms with E-state index in [1.54, 1.807) is 6.08 Å². The molecule has 3 heteroatoms. The first-order chi connectivity index (χ1) is 12.6. The van der Waals surface area contributed by atoms with Crippen LogP contribution in [0, 0.1) is 5.92 Å². The fourth-order valence-corrected chi connectivity index (χ4v) is 4.31. The van der Waals surface area contributed by atoms with Crippen LogP contribution >= 0.6 is 0 Å². The van der Waals surface area contributed by atoms with Crippen molar-refractivity contribution in [2.24, 2.45) is 5.92 Å². The topological polar surface area (TPSA) is 9.23 Å². The summed E-state index contributed by atoms with van der Waals surface area (Å²) in [6.07, 6.45) is 11.3. The van der Waals surface area contributed by atoms with Crippen LogP contribution in [0.15, 0.2) is 36.4 Å². The molecule has 1 fully saturated rings. The van der Waals surface area contributed by atoms with E-state index >= 15 is 0 Å². The minimum absolute atomic E-state index is 0.272. The van der Waals surface area contributed by atoms with Gasteiger partial charge in [0.2, 0.25) is 0 Å². The lowest BCUT2D eigenvalue weighted by Gasteiger charge is -2.29. The molecular weight excluding hydrogens is 330 g/mol. The maximum Gasteiger partial charge on any atom is 0.387 e. The van der Waals surface area contributed by atoms with Crippen molar-refractivity contribution in [2.75, 3.05) is 0 Å². The lowest BCUT2D eigenvalue weighted by atomic mass is 9.77. The molecule has 0 aliphatic heterocycles. The number of hydrogen-bond donors (Lipinski definition) is 0. The van der Waals surface area contributed by atoms with Gasteiger partial charge in [0.15, 0.2) is 0 Å². The second-order valence-corrected chi connectivity index (χ2v) is 7.35. The summed E-state index contributed by atoms with van der Waals surface area (Å²) < 4.78 is 30.6. The number of benzene rings is 2. The van der Waals surface area contributed by atoms with Crippen molar-refractivity contribution in [1.29, 1.82) is 0 Å². The molecule has 2 aromatic carbocycles. The van der Waals surface area contributed by atoms with Gasteiger partial charge in [-0.15, -0.1) is 0 Å². The Hall–Kier alpha value is -1.90. The summed E-state index contributed by atoms with van der Waals surface area (Å²) in [6.45, 7) is 1.31. The predicted octanol–water partition coefficient (Wildman–Crippen LogP) is 7.55. The monoisotopic (exact) mass is 358 g/mol. The van der Waals surface area contributed by atoms with Crippen LogP contribution in [0.5, 0.6) is 5.75 Å². The summed E-state index contributed by atoms with van der Waals surface area (Å²) in [6, 6.07) is 10.1. The summed E-state index contributed by atoms with van der Waals surface area (Å²) in [4.78, 5) is 0. The maximum absolute atomic E-state index is 12.9. The smallest absolute Gasteiger partial charge is 0.387 e. The molecule has 1 nitrogen and oxygen atoms in total. The van der Waals surface area contributed by atoms with Gasteiger partial charge >= 0.3 is 6.61 Å². The molecule has 1 saturated carbocycles. The third-order valence-electron chi connectivity index (χ3n) is 5.59. The zero-order valence-electron chi connectivity index (χ0n) is 15.7. The van der Waals surface area contributed by atoms with Crippen molar-refractivity contribution in [2.45, 2.75) is 64.9 Å². The van der Waals surface area contributed by atoms with Crippen LogP contribution in [0.3, 0.4) is 0 Å². The van der Waals surface area contributed by atoms with E-state index in [4.69, 9.17) is 4.74 Å². The van der Waals surface area contributed by atoms with E-state index in [9.17, 15) is 8.78 Å².